The fourth-order valence-corrected chi connectivity index (χ4v) is 5.59. The summed E-state index contributed by atoms with van der Waals surface area (Å²) in [5.41, 5.74) is 6.91. The van der Waals surface area contributed by atoms with Crippen molar-refractivity contribution in [3.63, 3.8) is 0 Å². The number of imidazole rings is 1. The lowest BCUT2D eigenvalue weighted by Crippen LogP contribution is -2.18. The van der Waals surface area contributed by atoms with Gasteiger partial charge in [-0.15, -0.1) is 0 Å². The molecule has 3 N–H and O–H groups in total. The Morgan fingerprint density at radius 2 is 1.43 bits per heavy atom. The van der Waals surface area contributed by atoms with Crippen LogP contribution in [0.2, 0.25) is 0 Å². The summed E-state index contributed by atoms with van der Waals surface area (Å²) in [6.07, 6.45) is 23.6. The largest absolute Gasteiger partial charge is 0.382 e. The molecule has 10 nitrogen and oxygen atoms in total. The van der Waals surface area contributed by atoms with Crippen molar-refractivity contribution in [2.24, 2.45) is 0 Å². The van der Waals surface area contributed by atoms with Gasteiger partial charge in [-0.25, -0.2) is 15.0 Å². The lowest BCUT2D eigenvalue weighted by molar-refractivity contribution is 0.0610. The van der Waals surface area contributed by atoms with E-state index in [2.05, 4.69) is 21.9 Å². The Hall–Kier alpha value is -1.58. The Bertz CT molecular complexity index is 960. The van der Waals surface area contributed by atoms with Crippen LogP contribution in [0.1, 0.15) is 117 Å². The number of nitrogen functional groups attached to an aromatic ring is 1. The number of nitrogens with two attached hydrogens (primary N) is 1. The first-order chi connectivity index (χ1) is 19.4. The number of nitrogens with zero attached hydrogens (tertiary/aromatic N) is 4. The van der Waals surface area contributed by atoms with Crippen molar-refractivity contribution in [1.82, 2.24) is 19.5 Å². The van der Waals surface area contributed by atoms with Gasteiger partial charge in [-0.2, -0.15) is 0 Å². The first-order valence-corrected chi connectivity index (χ1v) is 17.3. The van der Waals surface area contributed by atoms with E-state index in [1.807, 2.05) is 0 Å². The van der Waals surface area contributed by atoms with Gasteiger partial charge in [0.1, 0.15) is 18.2 Å². The number of hydrogen-bond acceptors (Lipinski definition) is 8. The highest BCUT2D eigenvalue weighted by atomic mass is 31.2. The van der Waals surface area contributed by atoms with Crippen molar-refractivity contribution in [1.29, 1.82) is 0 Å². The van der Waals surface area contributed by atoms with Gasteiger partial charge in [0.25, 0.3) is 0 Å². The summed E-state index contributed by atoms with van der Waals surface area (Å²) in [6.45, 7) is 5.48. The van der Waals surface area contributed by atoms with Crippen LogP contribution in [0.15, 0.2) is 12.7 Å². The van der Waals surface area contributed by atoms with E-state index in [1.54, 1.807) is 17.8 Å². The Kier molecular flexibility index (Phi) is 18.3. The minimum atomic E-state index is -3.86. The Balaban J connectivity index is 1.36. The quantitative estimate of drug-likeness (QED) is 0.0867. The van der Waals surface area contributed by atoms with Crippen molar-refractivity contribution in [2.45, 2.75) is 129 Å². The average Bonchev–Trinajstić information content (AvgIpc) is 3.34. The minimum absolute atomic E-state index is 0.0622. The normalized spacial score (nSPS) is 14.1. The smallest absolute Gasteiger partial charge is 0.353 e. The number of rotatable bonds is 26. The summed E-state index contributed by atoms with van der Waals surface area (Å²) in [6, 6.07) is 0. The monoisotopic (exact) mass is 583 g/mol. The molecule has 0 saturated heterocycles. The summed E-state index contributed by atoms with van der Waals surface area (Å²) in [7, 11) is -3.86. The highest BCUT2D eigenvalue weighted by molar-refractivity contribution is 7.52. The first kappa shape index (κ1) is 34.6. The molecule has 0 aliphatic heterocycles. The van der Waals surface area contributed by atoms with Crippen LogP contribution in [0.5, 0.6) is 0 Å². The molecule has 0 aliphatic rings. The molecule has 0 spiro atoms. The molecule has 0 bridgehead atoms. The van der Waals surface area contributed by atoms with Crippen LogP contribution in [0.4, 0.5) is 5.82 Å². The van der Waals surface area contributed by atoms with E-state index in [0.717, 1.165) is 12.8 Å². The maximum absolute atomic E-state index is 12.3. The number of hydrogen-bond donors (Lipinski definition) is 2. The molecule has 2 aromatic heterocycles. The summed E-state index contributed by atoms with van der Waals surface area (Å²) in [5, 5.41) is 0. The van der Waals surface area contributed by atoms with Crippen molar-refractivity contribution < 1.29 is 23.5 Å². The third-order valence-electron chi connectivity index (χ3n) is 7.07. The lowest BCUT2D eigenvalue weighted by atomic mass is 10.0. The summed E-state index contributed by atoms with van der Waals surface area (Å²) in [5.74, 6) is 0.308. The second kappa shape index (κ2) is 21.2. The lowest BCUT2D eigenvalue weighted by Gasteiger charge is -2.17. The second-order valence-corrected chi connectivity index (χ2v) is 12.6. The van der Waals surface area contributed by atoms with Crippen LogP contribution in [0.25, 0.3) is 11.2 Å². The molecule has 0 amide bonds. The van der Waals surface area contributed by atoms with Crippen molar-refractivity contribution in [2.75, 3.05) is 31.9 Å². The van der Waals surface area contributed by atoms with Crippen molar-refractivity contribution in [3.05, 3.63) is 12.7 Å². The molecule has 0 fully saturated rings. The fraction of sp³-hybridized carbons (Fsp3) is 0.828. The van der Waals surface area contributed by atoms with Crippen molar-refractivity contribution >= 4 is 24.6 Å². The third kappa shape index (κ3) is 15.4. The SMILES string of the molecule is CCCCCCCCCCCCCCCCCCOCCOP(=O)(O)COC(C)Cn1cnc2c(N)ncnc21. The molecule has 11 heteroatoms. The van der Waals surface area contributed by atoms with Gasteiger partial charge in [-0.1, -0.05) is 103 Å². The van der Waals surface area contributed by atoms with Gasteiger partial charge in [0.2, 0.25) is 0 Å². The van der Waals surface area contributed by atoms with E-state index in [-0.39, 0.29) is 12.7 Å². The zero-order valence-corrected chi connectivity index (χ0v) is 25.9. The van der Waals surface area contributed by atoms with E-state index in [4.69, 9.17) is 19.7 Å². The number of aromatic nitrogens is 4. The third-order valence-corrected chi connectivity index (χ3v) is 8.13. The molecule has 2 rings (SSSR count). The van der Waals surface area contributed by atoms with Crippen LogP contribution in [0.3, 0.4) is 0 Å². The molecule has 0 saturated carbocycles. The van der Waals surface area contributed by atoms with Crippen LogP contribution in [0, 0.1) is 0 Å². The Morgan fingerprint density at radius 3 is 2.02 bits per heavy atom. The van der Waals surface area contributed by atoms with E-state index < -0.39 is 13.9 Å². The van der Waals surface area contributed by atoms with Crippen LogP contribution in [-0.2, 0) is 25.1 Å². The van der Waals surface area contributed by atoms with Gasteiger partial charge in [0.05, 0.1) is 32.2 Å². The highest BCUT2D eigenvalue weighted by Crippen LogP contribution is 2.41. The molecular formula is C29H54N5O5P. The number of fused-ring (bicyclic) bond motifs is 1. The standard InChI is InChI=1S/C29H54N5O5P/c1-3-4-5-6-7-8-9-10-11-12-13-14-15-16-17-18-19-37-20-21-39-40(35,36)25-38-26(2)22-34-24-33-27-28(30)31-23-32-29(27)34/h23-24,26H,3-22,25H2,1-2H3,(H,35,36)(H2,30,31,32). The zero-order chi connectivity index (χ0) is 28.9. The van der Waals surface area contributed by atoms with Crippen LogP contribution in [-0.4, -0.2) is 56.7 Å². The molecule has 0 radical (unpaired) electrons. The van der Waals surface area contributed by atoms with Gasteiger partial charge in [0.15, 0.2) is 11.5 Å². The van der Waals surface area contributed by atoms with E-state index in [9.17, 15) is 9.46 Å². The Labute approximate surface area is 241 Å². The fourth-order valence-electron chi connectivity index (χ4n) is 4.71. The predicted molar refractivity (Wildman–Crippen MR) is 161 cm³/mol. The maximum Gasteiger partial charge on any atom is 0.353 e. The second-order valence-electron chi connectivity index (χ2n) is 10.8. The topological polar surface area (TPSA) is 135 Å². The molecule has 2 heterocycles. The predicted octanol–water partition coefficient (Wildman–Crippen LogP) is 7.25. The molecule has 2 unspecified atom stereocenters. The van der Waals surface area contributed by atoms with Crippen LogP contribution >= 0.6 is 7.60 Å². The van der Waals surface area contributed by atoms with Gasteiger partial charge >= 0.3 is 7.60 Å². The van der Waals surface area contributed by atoms with E-state index in [1.165, 1.54) is 96.2 Å². The van der Waals surface area contributed by atoms with Gasteiger partial charge in [0, 0.05) is 6.61 Å². The molecule has 0 aliphatic carbocycles. The van der Waals surface area contributed by atoms with E-state index in [0.29, 0.717) is 36.7 Å². The number of anilines is 1. The summed E-state index contributed by atoms with van der Waals surface area (Å²) >= 11 is 0. The minimum Gasteiger partial charge on any atom is -0.382 e. The van der Waals surface area contributed by atoms with E-state index >= 15 is 0 Å². The van der Waals surface area contributed by atoms with Gasteiger partial charge < -0.3 is 29.2 Å². The van der Waals surface area contributed by atoms with Crippen LogP contribution < -0.4 is 5.73 Å². The van der Waals surface area contributed by atoms with Crippen molar-refractivity contribution in [3.8, 4) is 0 Å². The molecule has 2 atom stereocenters. The highest BCUT2D eigenvalue weighted by Gasteiger charge is 2.21. The Morgan fingerprint density at radius 1 is 0.850 bits per heavy atom. The summed E-state index contributed by atoms with van der Waals surface area (Å²) in [4.78, 5) is 22.4. The number of ether oxygens (including phenoxy) is 2. The summed E-state index contributed by atoms with van der Waals surface area (Å²) < 4.78 is 30.3. The van der Waals surface area contributed by atoms with Gasteiger partial charge in [-0.05, 0) is 13.3 Å². The first-order valence-electron chi connectivity index (χ1n) is 15.5. The van der Waals surface area contributed by atoms with Gasteiger partial charge in [-0.3, -0.25) is 4.57 Å². The molecule has 40 heavy (non-hydrogen) atoms. The number of unbranched alkanes of at least 4 members (excludes halogenated alkanes) is 15. The molecular weight excluding hydrogens is 529 g/mol. The average molecular weight is 584 g/mol. The molecule has 0 aromatic carbocycles. The zero-order valence-electron chi connectivity index (χ0n) is 25.0. The maximum atomic E-state index is 12.3. The molecule has 2 aromatic rings. The molecule has 230 valence electrons.